The number of thioether (sulfide) groups is 2. The maximum atomic E-state index is 12.5. The van der Waals surface area contributed by atoms with Crippen molar-refractivity contribution in [1.82, 2.24) is 20.4 Å². The minimum atomic E-state index is -4.13. The highest BCUT2D eigenvalue weighted by Gasteiger charge is 2.33. The van der Waals surface area contributed by atoms with Crippen molar-refractivity contribution in [3.8, 4) is 0 Å². The van der Waals surface area contributed by atoms with Gasteiger partial charge in [-0.25, -0.2) is 0 Å². The van der Waals surface area contributed by atoms with E-state index in [9.17, 15) is 28.3 Å². The van der Waals surface area contributed by atoms with Gasteiger partial charge in [-0.15, -0.1) is 23.5 Å². The van der Waals surface area contributed by atoms with Crippen LogP contribution in [0, 0.1) is 0 Å². The van der Waals surface area contributed by atoms with E-state index >= 15 is 0 Å². The van der Waals surface area contributed by atoms with E-state index in [1.807, 2.05) is 48.5 Å². The van der Waals surface area contributed by atoms with Gasteiger partial charge in [0.2, 0.25) is 23.6 Å². The highest BCUT2D eigenvalue weighted by Crippen LogP contribution is 2.39. The average Bonchev–Trinajstić information content (AvgIpc) is 3.13. The van der Waals surface area contributed by atoms with Crippen LogP contribution in [0.2, 0.25) is 0 Å². The molecule has 2 aliphatic rings. The molecule has 2 saturated heterocycles. The first-order chi connectivity index (χ1) is 25.2. The van der Waals surface area contributed by atoms with Crippen LogP contribution in [-0.4, -0.2) is 114 Å². The fraction of sp³-hybridized carbons (Fsp3) is 0.543. The molecule has 14 nitrogen and oxygen atoms in total. The summed E-state index contributed by atoms with van der Waals surface area (Å²) in [6, 6.07) is 18.9. The van der Waals surface area contributed by atoms with Crippen molar-refractivity contribution < 1.29 is 47.9 Å². The van der Waals surface area contributed by atoms with Crippen molar-refractivity contribution in [2.24, 2.45) is 0 Å². The van der Waals surface area contributed by atoms with Gasteiger partial charge in [0.1, 0.15) is 12.1 Å². The van der Waals surface area contributed by atoms with Gasteiger partial charge in [0, 0.05) is 26.2 Å². The Morgan fingerprint density at radius 3 is 1.47 bits per heavy atom. The van der Waals surface area contributed by atoms with Crippen molar-refractivity contribution in [3.05, 3.63) is 71.8 Å². The van der Waals surface area contributed by atoms with Crippen LogP contribution in [0.4, 0.5) is 0 Å². The Labute approximate surface area is 319 Å². The van der Waals surface area contributed by atoms with Crippen molar-refractivity contribution in [2.75, 3.05) is 48.7 Å². The number of carbonyl (C=O) groups is 4. The number of nitrogens with zero attached hydrogens (tertiary/aromatic N) is 2. The van der Waals surface area contributed by atoms with Crippen LogP contribution in [-0.2, 0) is 41.1 Å². The van der Waals surface area contributed by atoms with E-state index in [-0.39, 0.29) is 46.1 Å². The normalized spacial score (nSPS) is 17.7. The zero-order chi connectivity index (χ0) is 38.7. The zero-order valence-electron chi connectivity index (χ0n) is 29.8. The van der Waals surface area contributed by atoms with Gasteiger partial charge in [-0.3, -0.25) is 28.3 Å². The molecule has 0 bridgehead atoms. The molecular formula is C35H52N4O10P2S2. The van der Waals surface area contributed by atoms with Gasteiger partial charge in [0.05, 0.1) is 22.5 Å². The zero-order valence-corrected chi connectivity index (χ0v) is 33.2. The van der Waals surface area contributed by atoms with E-state index < -0.39 is 27.3 Å². The Morgan fingerprint density at radius 1 is 0.623 bits per heavy atom. The second-order valence-corrected chi connectivity index (χ2v) is 19.0. The number of nitrogens with one attached hydrogen (secondary N) is 2. The summed E-state index contributed by atoms with van der Waals surface area (Å²) in [5, 5.41) is 5.83. The molecule has 2 aromatic carbocycles. The molecule has 0 spiro atoms. The molecule has 53 heavy (non-hydrogen) atoms. The predicted molar refractivity (Wildman–Crippen MR) is 208 cm³/mol. The predicted octanol–water partition coefficient (Wildman–Crippen LogP) is 3.58. The molecule has 2 aliphatic heterocycles. The summed E-state index contributed by atoms with van der Waals surface area (Å²) >= 11 is 1.81. The van der Waals surface area contributed by atoms with Crippen molar-refractivity contribution in [2.45, 2.75) is 69.9 Å². The van der Waals surface area contributed by atoms with Crippen LogP contribution in [0.3, 0.4) is 0 Å². The van der Waals surface area contributed by atoms with E-state index in [0.29, 0.717) is 39.0 Å². The van der Waals surface area contributed by atoms with E-state index in [1.165, 1.54) is 5.56 Å². The van der Waals surface area contributed by atoms with E-state index in [2.05, 4.69) is 22.8 Å². The van der Waals surface area contributed by atoms with Crippen LogP contribution in [0.5, 0.6) is 0 Å². The first-order valence-corrected chi connectivity index (χ1v) is 23.6. The fourth-order valence-electron chi connectivity index (χ4n) is 6.03. The fourth-order valence-corrected chi connectivity index (χ4v) is 9.35. The third kappa shape index (κ3) is 18.0. The molecule has 18 heteroatoms. The van der Waals surface area contributed by atoms with Crippen LogP contribution in [0.15, 0.2) is 60.7 Å². The molecule has 0 aliphatic carbocycles. The molecule has 2 aromatic rings. The molecule has 4 amide bonds. The minimum absolute atomic E-state index is 0.0249. The summed E-state index contributed by atoms with van der Waals surface area (Å²) in [5.74, 6) is -0.837. The van der Waals surface area contributed by atoms with Gasteiger partial charge in [-0.2, -0.15) is 0 Å². The Morgan fingerprint density at radius 2 is 1.04 bits per heavy atom. The number of amides is 4. The molecule has 4 rings (SSSR count). The maximum absolute atomic E-state index is 12.5. The van der Waals surface area contributed by atoms with Crippen LogP contribution in [0.1, 0.15) is 56.1 Å². The smallest absolute Gasteiger partial charge is 0.335 e. The maximum Gasteiger partial charge on any atom is 0.335 e. The van der Waals surface area contributed by atoms with Crippen LogP contribution < -0.4 is 10.6 Å². The minimum Gasteiger partial charge on any atom is -0.354 e. The number of likely N-dealkylation sites (tertiary alicyclic amines) is 2. The lowest BCUT2D eigenvalue weighted by Gasteiger charge is -2.34. The molecule has 294 valence electrons. The second kappa shape index (κ2) is 23.3. The highest BCUT2D eigenvalue weighted by molar-refractivity contribution is 8.05. The molecule has 2 fully saturated rings. The monoisotopic (exact) mass is 814 g/mol. The average molecular weight is 815 g/mol. The lowest BCUT2D eigenvalue weighted by molar-refractivity contribution is -0.140. The highest BCUT2D eigenvalue weighted by atomic mass is 32.2. The summed E-state index contributed by atoms with van der Waals surface area (Å²) in [4.78, 5) is 88.4. The van der Waals surface area contributed by atoms with Crippen molar-refractivity contribution in [3.63, 3.8) is 0 Å². The lowest BCUT2D eigenvalue weighted by Crippen LogP contribution is -2.52. The molecule has 0 saturated carbocycles. The summed E-state index contributed by atoms with van der Waals surface area (Å²) in [5.41, 5.74) is 1.59. The number of hydrogen-bond acceptors (Lipinski definition) is 8. The Kier molecular flexibility index (Phi) is 19.6. The quantitative estimate of drug-likeness (QED) is 0.1000. The van der Waals surface area contributed by atoms with Crippen LogP contribution >= 0.6 is 38.7 Å². The number of benzene rings is 2. The van der Waals surface area contributed by atoms with Gasteiger partial charge in [0.15, 0.2) is 0 Å². The molecule has 0 radical (unpaired) electrons. The first kappa shape index (κ1) is 44.7. The van der Waals surface area contributed by atoms with Gasteiger partial charge in [-0.1, -0.05) is 60.7 Å². The summed E-state index contributed by atoms with van der Waals surface area (Å²) in [6.45, 7) is 2.08. The lowest BCUT2D eigenvalue weighted by atomic mass is 10.0. The van der Waals surface area contributed by atoms with E-state index in [4.69, 9.17) is 19.6 Å². The standard InChI is InChI=1S/C18H27N2O5PS.C17H25N2O5PS/c21-17(13-27-14-26(23,24)25)20-12-5-4-10-16(20)18(22)19-11-6-9-15-7-2-1-3-8-15;20-16(12-26-13-25(22,23)24)19-11-5-4-8-15(19)17(21)18-10-9-14-6-2-1-3-7-14/h1-3,7-8,16H,4-6,9-14H2,(H,19,22)(H2,23,24,25);1-3,6-7,15H,4-5,8-13H2,(H,18,21)(H2,22,23,24). The van der Waals surface area contributed by atoms with Crippen molar-refractivity contribution in [1.29, 1.82) is 0 Å². The van der Waals surface area contributed by atoms with Gasteiger partial charge >= 0.3 is 15.2 Å². The van der Waals surface area contributed by atoms with Crippen molar-refractivity contribution >= 4 is 62.3 Å². The topological polar surface area (TPSA) is 214 Å². The SMILES string of the molecule is O=C(NCCCc1ccccc1)C1CCCCN1C(=O)CSCP(=O)(O)O.O=C(NCCc1ccccc1)C1CCCCN1C(=O)CSCP(=O)(O)O. The van der Waals surface area contributed by atoms with Gasteiger partial charge < -0.3 is 40.0 Å². The number of aryl methyl sites for hydroxylation is 1. The molecule has 2 unspecified atom stereocenters. The molecular weight excluding hydrogens is 762 g/mol. The molecule has 6 N–H and O–H groups in total. The molecule has 2 heterocycles. The van der Waals surface area contributed by atoms with Crippen LogP contribution in [0.25, 0.3) is 0 Å². The second-order valence-electron chi connectivity index (χ2n) is 12.9. The number of hydrogen-bond donors (Lipinski definition) is 6. The molecule has 2 atom stereocenters. The van der Waals surface area contributed by atoms with E-state index in [1.54, 1.807) is 9.80 Å². The largest absolute Gasteiger partial charge is 0.354 e. The Bertz CT molecular complexity index is 1550. The third-order valence-electron chi connectivity index (χ3n) is 8.56. The van der Waals surface area contributed by atoms with Gasteiger partial charge in [-0.05, 0) is 68.9 Å². The Hall–Kier alpha value is -2.68. The Balaban J connectivity index is 0.000000286. The number of carbonyl (C=O) groups excluding carboxylic acids is 4. The number of piperidine rings is 2. The van der Waals surface area contributed by atoms with E-state index in [0.717, 1.165) is 74.0 Å². The summed E-state index contributed by atoms with van der Waals surface area (Å²) in [7, 11) is -8.25. The summed E-state index contributed by atoms with van der Waals surface area (Å²) in [6.07, 6.45) is 7.13. The summed E-state index contributed by atoms with van der Waals surface area (Å²) < 4.78 is 21.8. The molecule has 0 aromatic heterocycles. The first-order valence-electron chi connectivity index (χ1n) is 17.7. The number of rotatable bonds is 17. The third-order valence-corrected chi connectivity index (χ3v) is 13.6. The van der Waals surface area contributed by atoms with Gasteiger partial charge in [0.25, 0.3) is 0 Å².